The van der Waals surface area contributed by atoms with Crippen LogP contribution >= 0.6 is 0 Å². The van der Waals surface area contributed by atoms with Crippen molar-refractivity contribution in [2.24, 2.45) is 12.2 Å². The molecule has 0 bridgehead atoms. The molecule has 0 unspecified atom stereocenters. The van der Waals surface area contributed by atoms with E-state index in [0.717, 1.165) is 5.56 Å². The molecule has 0 aliphatic rings. The number of ether oxygens (including phenoxy) is 1. The third-order valence-electron chi connectivity index (χ3n) is 3.85. The van der Waals surface area contributed by atoms with Crippen molar-refractivity contribution in [3.63, 3.8) is 0 Å². The van der Waals surface area contributed by atoms with E-state index < -0.39 is 10.0 Å². The average Bonchev–Trinajstić information content (AvgIpc) is 2.57. The number of aromatic nitrogens is 2. The molecule has 0 spiro atoms. The van der Waals surface area contributed by atoms with Crippen LogP contribution in [-0.4, -0.2) is 25.3 Å². The van der Waals surface area contributed by atoms with Gasteiger partial charge in [0.15, 0.2) is 0 Å². The third kappa shape index (κ3) is 3.54. The molecule has 0 aliphatic heterocycles. The largest absolute Gasteiger partial charge is 0.497 e. The lowest BCUT2D eigenvalue weighted by molar-refractivity contribution is 0.415. The van der Waals surface area contributed by atoms with Crippen LogP contribution < -0.4 is 15.4 Å². The van der Waals surface area contributed by atoms with Crippen LogP contribution in [0, 0.1) is 0 Å². The summed E-state index contributed by atoms with van der Waals surface area (Å²) in [7, 11) is -0.461. The summed E-state index contributed by atoms with van der Waals surface area (Å²) >= 11 is 0. The summed E-state index contributed by atoms with van der Waals surface area (Å²) in [6.45, 7) is 0. The van der Waals surface area contributed by atoms with Crippen molar-refractivity contribution in [3.05, 3.63) is 58.4 Å². The van der Waals surface area contributed by atoms with Gasteiger partial charge in [-0.25, -0.2) is 18.2 Å². The first kappa shape index (κ1) is 17.1. The second-order valence-electron chi connectivity index (χ2n) is 5.69. The van der Waals surface area contributed by atoms with E-state index in [1.54, 1.807) is 49.5 Å². The Labute approximate surface area is 144 Å². The fourth-order valence-electron chi connectivity index (χ4n) is 2.66. The van der Waals surface area contributed by atoms with Gasteiger partial charge in [-0.1, -0.05) is 24.3 Å². The Kier molecular flexibility index (Phi) is 4.32. The molecule has 3 rings (SSSR count). The van der Waals surface area contributed by atoms with E-state index in [1.807, 2.05) is 0 Å². The Balaban J connectivity index is 2.15. The Morgan fingerprint density at radius 1 is 1.12 bits per heavy atom. The Morgan fingerprint density at radius 3 is 2.40 bits per heavy atom. The van der Waals surface area contributed by atoms with Crippen LogP contribution in [0.2, 0.25) is 0 Å². The number of primary sulfonamides is 1. The molecule has 0 saturated carbocycles. The molecule has 7 nitrogen and oxygen atoms in total. The second-order valence-corrected chi connectivity index (χ2v) is 7.31. The summed E-state index contributed by atoms with van der Waals surface area (Å²) in [6.07, 6.45) is 0. The quantitative estimate of drug-likeness (QED) is 0.758. The number of aryl methyl sites for hydroxylation is 1. The molecule has 0 aliphatic carbocycles. The highest BCUT2D eigenvalue weighted by atomic mass is 32.2. The Hall–Kier alpha value is -2.71. The molecule has 25 heavy (non-hydrogen) atoms. The van der Waals surface area contributed by atoms with Crippen molar-refractivity contribution in [3.8, 4) is 17.0 Å². The van der Waals surface area contributed by atoms with Crippen LogP contribution in [0.5, 0.6) is 5.75 Å². The molecular formula is C17H17N3O4S. The molecule has 2 aromatic carbocycles. The normalized spacial score (nSPS) is 11.6. The molecule has 8 heteroatoms. The molecule has 1 heterocycles. The van der Waals surface area contributed by atoms with Gasteiger partial charge in [-0.2, -0.15) is 5.10 Å². The zero-order chi connectivity index (χ0) is 18.2. The van der Waals surface area contributed by atoms with Gasteiger partial charge >= 0.3 is 0 Å². The highest BCUT2D eigenvalue weighted by molar-refractivity contribution is 7.88. The zero-order valence-electron chi connectivity index (χ0n) is 13.8. The molecule has 3 aromatic rings. The van der Waals surface area contributed by atoms with E-state index in [0.29, 0.717) is 27.8 Å². The number of benzene rings is 2. The summed E-state index contributed by atoms with van der Waals surface area (Å²) in [4.78, 5) is 12.4. The van der Waals surface area contributed by atoms with E-state index >= 15 is 0 Å². The minimum absolute atomic E-state index is 0.219. The van der Waals surface area contributed by atoms with E-state index in [4.69, 9.17) is 9.88 Å². The maximum Gasteiger partial charge on any atom is 0.274 e. The zero-order valence-corrected chi connectivity index (χ0v) is 14.6. The maximum absolute atomic E-state index is 12.4. The van der Waals surface area contributed by atoms with Crippen molar-refractivity contribution in [1.29, 1.82) is 0 Å². The van der Waals surface area contributed by atoms with E-state index in [2.05, 4.69) is 5.10 Å². The SMILES string of the molecule is COc1ccc2c(-c3ccc(CS(N)(=O)=O)cc3)nn(C)c(=O)c2c1. The van der Waals surface area contributed by atoms with Crippen molar-refractivity contribution in [2.75, 3.05) is 7.11 Å². The monoisotopic (exact) mass is 359 g/mol. The summed E-state index contributed by atoms with van der Waals surface area (Å²) < 4.78 is 28.8. The lowest BCUT2D eigenvalue weighted by Gasteiger charge is -2.10. The molecule has 0 radical (unpaired) electrons. The molecule has 0 atom stereocenters. The van der Waals surface area contributed by atoms with Gasteiger partial charge in [-0.15, -0.1) is 0 Å². The van der Waals surface area contributed by atoms with Crippen LogP contribution in [-0.2, 0) is 22.8 Å². The minimum atomic E-state index is -3.58. The number of sulfonamides is 1. The van der Waals surface area contributed by atoms with Crippen molar-refractivity contribution in [1.82, 2.24) is 9.78 Å². The molecular weight excluding hydrogens is 342 g/mol. The average molecular weight is 359 g/mol. The predicted molar refractivity (Wildman–Crippen MR) is 95.8 cm³/mol. The molecule has 0 saturated heterocycles. The van der Waals surface area contributed by atoms with Gasteiger partial charge in [0, 0.05) is 18.0 Å². The first-order valence-corrected chi connectivity index (χ1v) is 9.15. The fourth-order valence-corrected chi connectivity index (χ4v) is 3.32. The Bertz CT molecular complexity index is 1100. The number of nitrogens with two attached hydrogens (primary N) is 1. The molecule has 0 fully saturated rings. The first-order valence-electron chi connectivity index (χ1n) is 7.43. The van der Waals surface area contributed by atoms with Crippen molar-refractivity contribution < 1.29 is 13.2 Å². The van der Waals surface area contributed by atoms with Gasteiger partial charge in [0.25, 0.3) is 5.56 Å². The second kappa shape index (κ2) is 6.30. The summed E-state index contributed by atoms with van der Waals surface area (Å²) in [5.41, 5.74) is 1.76. The lowest BCUT2D eigenvalue weighted by Crippen LogP contribution is -2.20. The number of rotatable bonds is 4. The van der Waals surface area contributed by atoms with Gasteiger partial charge in [-0.3, -0.25) is 4.79 Å². The summed E-state index contributed by atoms with van der Waals surface area (Å²) in [5.74, 6) is 0.358. The van der Waals surface area contributed by atoms with Gasteiger partial charge in [0.05, 0.1) is 23.9 Å². The standard InChI is InChI=1S/C17H17N3O4S/c1-20-17(21)15-9-13(24-2)7-8-14(15)16(19-20)12-5-3-11(4-6-12)10-25(18,22)23/h3-9H,10H2,1-2H3,(H2,18,22,23). The van der Waals surface area contributed by atoms with Crippen molar-refractivity contribution in [2.45, 2.75) is 5.75 Å². The van der Waals surface area contributed by atoms with Gasteiger partial charge in [0.2, 0.25) is 10.0 Å². The number of hydrogen-bond acceptors (Lipinski definition) is 5. The van der Waals surface area contributed by atoms with Crippen LogP contribution in [0.15, 0.2) is 47.3 Å². The van der Waals surface area contributed by atoms with Gasteiger partial charge in [-0.05, 0) is 23.8 Å². The number of nitrogens with zero attached hydrogens (tertiary/aromatic N) is 2. The van der Waals surface area contributed by atoms with Crippen LogP contribution in [0.1, 0.15) is 5.56 Å². The smallest absolute Gasteiger partial charge is 0.274 e. The van der Waals surface area contributed by atoms with Crippen LogP contribution in [0.4, 0.5) is 0 Å². The lowest BCUT2D eigenvalue weighted by atomic mass is 10.0. The minimum Gasteiger partial charge on any atom is -0.497 e. The topological polar surface area (TPSA) is 104 Å². The maximum atomic E-state index is 12.4. The predicted octanol–water partition coefficient (Wildman–Crippen LogP) is 1.40. The number of hydrogen-bond donors (Lipinski definition) is 1. The van der Waals surface area contributed by atoms with Gasteiger partial charge < -0.3 is 4.74 Å². The van der Waals surface area contributed by atoms with E-state index in [1.165, 1.54) is 11.8 Å². The van der Waals surface area contributed by atoms with E-state index in [-0.39, 0.29) is 11.3 Å². The van der Waals surface area contributed by atoms with Crippen LogP contribution in [0.3, 0.4) is 0 Å². The molecule has 2 N–H and O–H groups in total. The first-order chi connectivity index (χ1) is 11.8. The highest BCUT2D eigenvalue weighted by Gasteiger charge is 2.12. The number of methoxy groups -OCH3 is 1. The van der Waals surface area contributed by atoms with E-state index in [9.17, 15) is 13.2 Å². The Morgan fingerprint density at radius 2 is 1.80 bits per heavy atom. The molecule has 0 amide bonds. The summed E-state index contributed by atoms with van der Waals surface area (Å²) in [6, 6.07) is 12.1. The fraction of sp³-hybridized carbons (Fsp3) is 0.176. The van der Waals surface area contributed by atoms with Crippen molar-refractivity contribution >= 4 is 20.8 Å². The van der Waals surface area contributed by atoms with Crippen LogP contribution in [0.25, 0.3) is 22.0 Å². The summed E-state index contributed by atoms with van der Waals surface area (Å²) in [5, 5.41) is 10.6. The third-order valence-corrected chi connectivity index (χ3v) is 4.59. The molecule has 130 valence electrons. The van der Waals surface area contributed by atoms with Gasteiger partial charge in [0.1, 0.15) is 5.75 Å². The highest BCUT2D eigenvalue weighted by Crippen LogP contribution is 2.27. The number of fused-ring (bicyclic) bond motifs is 1. The molecule has 1 aromatic heterocycles.